The minimum Gasteiger partial charge on any atom is -0.348 e. The van der Waals surface area contributed by atoms with Crippen LogP contribution in [0, 0.1) is 0 Å². The summed E-state index contributed by atoms with van der Waals surface area (Å²) >= 11 is 0. The van der Waals surface area contributed by atoms with E-state index < -0.39 is 0 Å². The van der Waals surface area contributed by atoms with Crippen molar-refractivity contribution >= 4 is 34.5 Å². The minimum atomic E-state index is -0.0761. The number of carbonyl (C=O) groups excluding carboxylic acids is 1. The van der Waals surface area contributed by atoms with Crippen molar-refractivity contribution in [2.24, 2.45) is 0 Å². The molecule has 5 rings (SSSR count). The Morgan fingerprint density at radius 2 is 2.03 bits per heavy atom. The summed E-state index contributed by atoms with van der Waals surface area (Å²) < 4.78 is 3.94. The van der Waals surface area contributed by atoms with Gasteiger partial charge >= 0.3 is 0 Å². The van der Waals surface area contributed by atoms with E-state index in [-0.39, 0.29) is 18.0 Å². The van der Waals surface area contributed by atoms with Crippen LogP contribution in [0.3, 0.4) is 0 Å². The second-order valence-corrected chi connectivity index (χ2v) is 10.4. The summed E-state index contributed by atoms with van der Waals surface area (Å²) in [4.78, 5) is 30.9. The molecule has 204 valence electrons. The molecule has 1 aliphatic heterocycles. The Kier molecular flexibility index (Phi) is 7.87. The zero-order valence-corrected chi connectivity index (χ0v) is 22.9. The van der Waals surface area contributed by atoms with E-state index >= 15 is 0 Å². The first-order valence-electron chi connectivity index (χ1n) is 13.3. The molecule has 0 aliphatic carbocycles. The van der Waals surface area contributed by atoms with Crippen molar-refractivity contribution in [3.8, 4) is 0 Å². The van der Waals surface area contributed by atoms with Gasteiger partial charge in [-0.05, 0) is 39.9 Å². The van der Waals surface area contributed by atoms with Crippen LogP contribution in [-0.4, -0.2) is 79.9 Å². The van der Waals surface area contributed by atoms with Crippen LogP contribution < -0.4 is 15.5 Å². The molecule has 3 aromatic heterocycles. The predicted octanol–water partition coefficient (Wildman–Crippen LogP) is 3.21. The highest BCUT2D eigenvalue weighted by Gasteiger charge is 2.27. The molecule has 1 aromatic carbocycles. The summed E-state index contributed by atoms with van der Waals surface area (Å²) in [7, 11) is 3.94. The van der Waals surface area contributed by atoms with Crippen LogP contribution in [0.1, 0.15) is 31.9 Å². The maximum Gasteiger partial charge on any atom is 0.243 e. The summed E-state index contributed by atoms with van der Waals surface area (Å²) in [5.41, 5.74) is 3.48. The fourth-order valence-corrected chi connectivity index (χ4v) is 4.61. The number of hydrogen-bond donors (Lipinski definition) is 2. The third kappa shape index (κ3) is 6.43. The van der Waals surface area contributed by atoms with Gasteiger partial charge in [0.05, 0.1) is 24.8 Å². The van der Waals surface area contributed by atoms with E-state index in [4.69, 9.17) is 9.97 Å². The van der Waals surface area contributed by atoms with Crippen LogP contribution in [-0.2, 0) is 11.3 Å². The molecule has 1 aliphatic rings. The molecule has 4 aromatic rings. The lowest BCUT2D eigenvalue weighted by molar-refractivity contribution is -0.117. The monoisotopic (exact) mass is 528 g/mol. The van der Waals surface area contributed by atoms with Gasteiger partial charge in [-0.15, -0.1) is 0 Å². The third-order valence-electron chi connectivity index (χ3n) is 6.61. The van der Waals surface area contributed by atoms with E-state index in [0.29, 0.717) is 30.4 Å². The third-order valence-corrected chi connectivity index (χ3v) is 6.61. The topological polar surface area (TPSA) is 109 Å². The number of nitrogens with zero attached hydrogens (tertiary/aromatic N) is 8. The summed E-state index contributed by atoms with van der Waals surface area (Å²) in [5.74, 6) is 1.17. The Bertz CT molecular complexity index is 1440. The number of benzene rings is 1. The van der Waals surface area contributed by atoms with Crippen LogP contribution in [0.5, 0.6) is 0 Å². The van der Waals surface area contributed by atoms with E-state index in [0.717, 1.165) is 30.8 Å². The molecule has 1 fully saturated rings. The molecule has 0 bridgehead atoms. The van der Waals surface area contributed by atoms with Crippen LogP contribution in [0.15, 0.2) is 61.2 Å². The van der Waals surface area contributed by atoms with E-state index in [1.54, 1.807) is 12.3 Å². The molecule has 4 heterocycles. The Hall–Kier alpha value is -4.25. The standard InChI is InChI=1S/C28H36N10O/c1-20(2)38-19-29-25-26(32-23-15-30-37(18-23)16-21-9-6-5-7-10-21)33-28(34-27(25)38)36-14-12-22(17-36)31-24(39)11-8-13-35(3)4/h5-11,15,18-20,22H,12-14,16-17H2,1-4H3,(H,31,39)(H,32,33,34). The molecular formula is C28H36N10O. The molecule has 0 radical (unpaired) electrons. The second-order valence-electron chi connectivity index (χ2n) is 10.4. The number of hydrogen-bond acceptors (Lipinski definition) is 8. The molecule has 0 spiro atoms. The fourth-order valence-electron chi connectivity index (χ4n) is 4.61. The lowest BCUT2D eigenvalue weighted by Gasteiger charge is -2.18. The quantitative estimate of drug-likeness (QED) is 0.302. The van der Waals surface area contributed by atoms with Gasteiger partial charge in [-0.1, -0.05) is 36.4 Å². The average Bonchev–Trinajstić information content (AvgIpc) is 3.64. The lowest BCUT2D eigenvalue weighted by atomic mass is 10.2. The summed E-state index contributed by atoms with van der Waals surface area (Å²) in [6.07, 6.45) is 9.86. The molecule has 1 atom stereocenters. The Morgan fingerprint density at radius 3 is 2.79 bits per heavy atom. The number of anilines is 3. The average molecular weight is 529 g/mol. The number of imidazole rings is 1. The van der Waals surface area contributed by atoms with Crippen LogP contribution >= 0.6 is 0 Å². The van der Waals surface area contributed by atoms with Crippen molar-refractivity contribution in [3.63, 3.8) is 0 Å². The zero-order chi connectivity index (χ0) is 27.4. The first kappa shape index (κ1) is 26.4. The van der Waals surface area contributed by atoms with Gasteiger partial charge in [-0.2, -0.15) is 15.1 Å². The second kappa shape index (κ2) is 11.6. The number of amides is 1. The number of fused-ring (bicyclic) bond motifs is 1. The highest BCUT2D eigenvalue weighted by atomic mass is 16.1. The lowest BCUT2D eigenvalue weighted by Crippen LogP contribution is -2.36. The normalized spacial score (nSPS) is 15.7. The molecule has 11 heteroatoms. The van der Waals surface area contributed by atoms with Crippen molar-refractivity contribution < 1.29 is 4.79 Å². The van der Waals surface area contributed by atoms with Gasteiger partial charge in [0.25, 0.3) is 0 Å². The smallest absolute Gasteiger partial charge is 0.243 e. The Morgan fingerprint density at radius 1 is 1.21 bits per heavy atom. The van der Waals surface area contributed by atoms with Crippen molar-refractivity contribution in [2.45, 2.75) is 38.9 Å². The summed E-state index contributed by atoms with van der Waals surface area (Å²) in [6.45, 7) is 7.01. The van der Waals surface area contributed by atoms with Gasteiger partial charge in [0, 0.05) is 44.0 Å². The van der Waals surface area contributed by atoms with Gasteiger partial charge in [0.2, 0.25) is 11.9 Å². The van der Waals surface area contributed by atoms with Crippen molar-refractivity contribution in [1.29, 1.82) is 0 Å². The number of nitrogens with one attached hydrogen (secondary N) is 2. The van der Waals surface area contributed by atoms with E-state index in [2.05, 4.69) is 56.2 Å². The number of likely N-dealkylation sites (N-methyl/N-ethyl adjacent to an activating group) is 1. The molecule has 1 amide bonds. The predicted molar refractivity (Wildman–Crippen MR) is 153 cm³/mol. The van der Waals surface area contributed by atoms with Crippen LogP contribution in [0.25, 0.3) is 11.2 Å². The van der Waals surface area contributed by atoms with Gasteiger partial charge in [-0.25, -0.2) is 4.98 Å². The first-order chi connectivity index (χ1) is 18.9. The van der Waals surface area contributed by atoms with Gasteiger partial charge < -0.3 is 25.0 Å². The highest BCUT2D eigenvalue weighted by molar-refractivity contribution is 5.88. The Balaban J connectivity index is 1.35. The largest absolute Gasteiger partial charge is 0.348 e. The molecule has 39 heavy (non-hydrogen) atoms. The van der Waals surface area contributed by atoms with Gasteiger partial charge in [0.1, 0.15) is 0 Å². The molecule has 2 N–H and O–H groups in total. The van der Waals surface area contributed by atoms with Gasteiger partial charge in [-0.3, -0.25) is 9.48 Å². The van der Waals surface area contributed by atoms with Gasteiger partial charge in [0.15, 0.2) is 17.0 Å². The minimum absolute atomic E-state index is 0.0310. The molecule has 11 nitrogen and oxygen atoms in total. The molecule has 1 unspecified atom stereocenters. The number of aromatic nitrogens is 6. The SMILES string of the molecule is CC(C)n1cnc2c(Nc3cnn(Cc4ccccc4)c3)nc(N3CCC(NC(=O)C=CCN(C)C)C3)nc21. The molecular weight excluding hydrogens is 492 g/mol. The van der Waals surface area contributed by atoms with E-state index in [9.17, 15) is 4.79 Å². The van der Waals surface area contributed by atoms with E-state index in [1.807, 2.05) is 60.5 Å². The molecule has 0 saturated carbocycles. The Labute approximate surface area is 228 Å². The van der Waals surface area contributed by atoms with Crippen molar-refractivity contribution in [2.75, 3.05) is 43.9 Å². The number of rotatable bonds is 10. The highest BCUT2D eigenvalue weighted by Crippen LogP contribution is 2.28. The maximum absolute atomic E-state index is 12.4. The van der Waals surface area contributed by atoms with Crippen LogP contribution in [0.2, 0.25) is 0 Å². The van der Waals surface area contributed by atoms with E-state index in [1.165, 1.54) is 5.56 Å². The zero-order valence-electron chi connectivity index (χ0n) is 22.9. The van der Waals surface area contributed by atoms with Crippen molar-refractivity contribution in [1.82, 2.24) is 39.5 Å². The first-order valence-corrected chi connectivity index (χ1v) is 13.3. The number of carbonyl (C=O) groups is 1. The van der Waals surface area contributed by atoms with Crippen LogP contribution in [0.4, 0.5) is 17.5 Å². The maximum atomic E-state index is 12.4. The summed E-state index contributed by atoms with van der Waals surface area (Å²) in [5, 5.41) is 11.0. The molecule has 1 saturated heterocycles. The fraction of sp³-hybridized carbons (Fsp3) is 0.393. The summed E-state index contributed by atoms with van der Waals surface area (Å²) in [6, 6.07) is 10.4. The van der Waals surface area contributed by atoms with Crippen molar-refractivity contribution in [3.05, 3.63) is 66.8 Å².